The largest absolute Gasteiger partial charge is 0.439 e. The number of ether oxygens (including phenoxy) is 2. The van der Waals surface area contributed by atoms with Crippen LogP contribution in [0.15, 0.2) is 54.7 Å². The lowest BCUT2D eigenvalue weighted by molar-refractivity contribution is 0.0663. The molecule has 28 heavy (non-hydrogen) atoms. The SMILES string of the molecule is c1ccc(Oc2ccc3nc(Nc4ccn(C5CCOCC5)n4)sc3n2)cc1. The maximum atomic E-state index is 5.81. The summed E-state index contributed by atoms with van der Waals surface area (Å²) in [5.41, 5.74) is 0.830. The van der Waals surface area contributed by atoms with Gasteiger partial charge in [0.25, 0.3) is 0 Å². The number of para-hydroxylation sites is 1. The third kappa shape index (κ3) is 3.69. The molecule has 8 heteroatoms. The van der Waals surface area contributed by atoms with Crippen molar-refractivity contribution in [3.63, 3.8) is 0 Å². The predicted octanol–water partition coefficient (Wildman–Crippen LogP) is 4.78. The Labute approximate surface area is 166 Å². The van der Waals surface area contributed by atoms with E-state index < -0.39 is 0 Å². The van der Waals surface area contributed by atoms with Crippen LogP contribution in [0, 0.1) is 0 Å². The van der Waals surface area contributed by atoms with Crippen LogP contribution in [0.25, 0.3) is 10.3 Å². The average molecular weight is 393 g/mol. The van der Waals surface area contributed by atoms with Crippen molar-refractivity contribution in [3.05, 3.63) is 54.7 Å². The molecule has 1 aliphatic heterocycles. The molecule has 0 radical (unpaired) electrons. The number of hydrogen-bond acceptors (Lipinski definition) is 7. The standard InChI is InChI=1S/C20H19N5O2S/c1-2-4-15(5-3-1)27-18-7-6-16-19(23-18)28-20(21-16)22-17-8-11-25(24-17)14-9-12-26-13-10-14/h1-8,11,14H,9-10,12-13H2,(H,21,22,24). The Balaban J connectivity index is 1.32. The van der Waals surface area contributed by atoms with Gasteiger partial charge in [-0.3, -0.25) is 4.68 Å². The number of thiazole rings is 1. The maximum absolute atomic E-state index is 5.81. The first-order chi connectivity index (χ1) is 13.8. The van der Waals surface area contributed by atoms with Crippen molar-refractivity contribution in [2.45, 2.75) is 18.9 Å². The minimum absolute atomic E-state index is 0.402. The van der Waals surface area contributed by atoms with Crippen molar-refractivity contribution >= 4 is 32.6 Å². The summed E-state index contributed by atoms with van der Waals surface area (Å²) in [6, 6.07) is 15.7. The zero-order chi connectivity index (χ0) is 18.8. The molecule has 7 nitrogen and oxygen atoms in total. The van der Waals surface area contributed by atoms with Gasteiger partial charge in [0.2, 0.25) is 5.88 Å². The van der Waals surface area contributed by atoms with E-state index >= 15 is 0 Å². The van der Waals surface area contributed by atoms with Crippen molar-refractivity contribution in [3.8, 4) is 11.6 Å². The van der Waals surface area contributed by atoms with Crippen molar-refractivity contribution in [1.82, 2.24) is 19.7 Å². The van der Waals surface area contributed by atoms with Crippen LogP contribution in [0.4, 0.5) is 10.9 Å². The second-order valence-electron chi connectivity index (χ2n) is 6.56. The van der Waals surface area contributed by atoms with E-state index in [2.05, 4.69) is 20.4 Å². The molecule has 0 spiro atoms. The molecular weight excluding hydrogens is 374 g/mol. The fraction of sp³-hybridized carbons (Fsp3) is 0.250. The number of nitrogens with one attached hydrogen (secondary N) is 1. The Bertz CT molecular complexity index is 1070. The third-order valence-electron chi connectivity index (χ3n) is 4.60. The molecule has 5 rings (SSSR count). The van der Waals surface area contributed by atoms with Crippen molar-refractivity contribution < 1.29 is 9.47 Å². The number of aromatic nitrogens is 4. The van der Waals surface area contributed by atoms with E-state index in [4.69, 9.17) is 9.47 Å². The quantitative estimate of drug-likeness (QED) is 0.526. The third-order valence-corrected chi connectivity index (χ3v) is 5.48. The summed E-state index contributed by atoms with van der Waals surface area (Å²) in [6.45, 7) is 1.59. The predicted molar refractivity (Wildman–Crippen MR) is 109 cm³/mol. The van der Waals surface area contributed by atoms with E-state index in [9.17, 15) is 0 Å². The number of hydrogen-bond donors (Lipinski definition) is 1. The van der Waals surface area contributed by atoms with Gasteiger partial charge in [-0.2, -0.15) is 5.10 Å². The molecule has 1 aromatic carbocycles. The van der Waals surface area contributed by atoms with E-state index in [-0.39, 0.29) is 0 Å². The zero-order valence-corrected chi connectivity index (χ0v) is 15.9. The summed E-state index contributed by atoms with van der Waals surface area (Å²) in [6.07, 6.45) is 4.00. The second kappa shape index (κ2) is 7.57. The van der Waals surface area contributed by atoms with Crippen LogP contribution >= 0.6 is 11.3 Å². The molecule has 1 aliphatic rings. The highest BCUT2D eigenvalue weighted by Gasteiger charge is 2.17. The van der Waals surface area contributed by atoms with E-state index in [1.807, 2.05) is 59.4 Å². The molecule has 1 fully saturated rings. The number of rotatable bonds is 5. The Kier molecular flexibility index (Phi) is 4.64. The highest BCUT2D eigenvalue weighted by molar-refractivity contribution is 7.21. The Morgan fingerprint density at radius 1 is 1.04 bits per heavy atom. The summed E-state index contributed by atoms with van der Waals surface area (Å²) >= 11 is 1.48. The van der Waals surface area contributed by atoms with Gasteiger partial charge in [0.1, 0.15) is 16.1 Å². The summed E-state index contributed by atoms with van der Waals surface area (Å²) in [7, 11) is 0. The summed E-state index contributed by atoms with van der Waals surface area (Å²) < 4.78 is 13.2. The molecule has 0 atom stereocenters. The van der Waals surface area contributed by atoms with Crippen LogP contribution in [0.1, 0.15) is 18.9 Å². The number of fused-ring (bicyclic) bond motifs is 1. The van der Waals surface area contributed by atoms with Gasteiger partial charge in [0.05, 0.1) is 6.04 Å². The highest BCUT2D eigenvalue weighted by Crippen LogP contribution is 2.30. The minimum Gasteiger partial charge on any atom is -0.439 e. The van der Waals surface area contributed by atoms with E-state index in [0.717, 1.165) is 53.1 Å². The Morgan fingerprint density at radius 3 is 2.75 bits per heavy atom. The molecule has 3 aromatic heterocycles. The van der Waals surface area contributed by atoms with E-state index in [1.54, 1.807) is 0 Å². The maximum Gasteiger partial charge on any atom is 0.220 e. The van der Waals surface area contributed by atoms with Crippen LogP contribution in [0.2, 0.25) is 0 Å². The Morgan fingerprint density at radius 2 is 1.89 bits per heavy atom. The van der Waals surface area contributed by atoms with Crippen LogP contribution in [0.3, 0.4) is 0 Å². The van der Waals surface area contributed by atoms with Crippen molar-refractivity contribution in [2.75, 3.05) is 18.5 Å². The molecule has 0 unspecified atom stereocenters. The molecule has 1 N–H and O–H groups in total. The van der Waals surface area contributed by atoms with Crippen molar-refractivity contribution in [2.24, 2.45) is 0 Å². The van der Waals surface area contributed by atoms with Crippen LogP contribution in [-0.4, -0.2) is 33.0 Å². The molecular formula is C20H19N5O2S. The Hall–Kier alpha value is -2.97. The summed E-state index contributed by atoms with van der Waals surface area (Å²) in [5.74, 6) is 2.10. The lowest BCUT2D eigenvalue weighted by Crippen LogP contribution is -2.19. The van der Waals surface area contributed by atoms with E-state index in [0.29, 0.717) is 11.9 Å². The molecule has 0 saturated carbocycles. The fourth-order valence-electron chi connectivity index (χ4n) is 3.19. The fourth-order valence-corrected chi connectivity index (χ4v) is 4.02. The molecule has 0 bridgehead atoms. The molecule has 4 aromatic rings. The average Bonchev–Trinajstić information content (AvgIpc) is 3.36. The number of pyridine rings is 1. The number of nitrogens with zero attached hydrogens (tertiary/aromatic N) is 4. The first-order valence-electron chi connectivity index (χ1n) is 9.24. The number of anilines is 2. The monoisotopic (exact) mass is 393 g/mol. The molecule has 1 saturated heterocycles. The molecule has 0 aliphatic carbocycles. The molecule has 0 amide bonds. The summed E-state index contributed by atoms with van der Waals surface area (Å²) in [4.78, 5) is 9.98. The van der Waals surface area contributed by atoms with Gasteiger partial charge in [-0.15, -0.1) is 0 Å². The summed E-state index contributed by atoms with van der Waals surface area (Å²) in [5, 5.41) is 8.69. The van der Waals surface area contributed by atoms with Crippen LogP contribution < -0.4 is 10.1 Å². The number of benzene rings is 1. The molecule has 4 heterocycles. The van der Waals surface area contributed by atoms with Gasteiger partial charge >= 0.3 is 0 Å². The second-order valence-corrected chi connectivity index (χ2v) is 7.53. The lowest BCUT2D eigenvalue weighted by Gasteiger charge is -2.22. The molecule has 142 valence electrons. The lowest BCUT2D eigenvalue weighted by atomic mass is 10.1. The van der Waals surface area contributed by atoms with Gasteiger partial charge in [-0.1, -0.05) is 29.5 Å². The van der Waals surface area contributed by atoms with Gasteiger partial charge < -0.3 is 14.8 Å². The topological polar surface area (TPSA) is 74.1 Å². The van der Waals surface area contributed by atoms with Gasteiger partial charge in [-0.05, 0) is 31.0 Å². The van der Waals surface area contributed by atoms with Crippen LogP contribution in [0.5, 0.6) is 11.6 Å². The normalized spacial score (nSPS) is 15.0. The highest BCUT2D eigenvalue weighted by atomic mass is 32.1. The zero-order valence-electron chi connectivity index (χ0n) is 15.1. The van der Waals surface area contributed by atoms with Gasteiger partial charge in [0, 0.05) is 31.5 Å². The van der Waals surface area contributed by atoms with Crippen molar-refractivity contribution in [1.29, 1.82) is 0 Å². The van der Waals surface area contributed by atoms with Gasteiger partial charge in [-0.25, -0.2) is 9.97 Å². The van der Waals surface area contributed by atoms with E-state index in [1.165, 1.54) is 11.3 Å². The smallest absolute Gasteiger partial charge is 0.220 e. The van der Waals surface area contributed by atoms with Gasteiger partial charge in [0.15, 0.2) is 10.9 Å². The first kappa shape index (κ1) is 17.2. The minimum atomic E-state index is 0.402. The van der Waals surface area contributed by atoms with Crippen LogP contribution in [-0.2, 0) is 4.74 Å². The first-order valence-corrected chi connectivity index (χ1v) is 10.1.